The minimum atomic E-state index is 0.695. The molecule has 0 aliphatic rings. The molecule has 2 aromatic rings. The summed E-state index contributed by atoms with van der Waals surface area (Å²) in [6.07, 6.45) is 1.41. The third-order valence-electron chi connectivity index (χ3n) is 2.23. The van der Waals surface area contributed by atoms with E-state index in [0.717, 1.165) is 15.0 Å². The van der Waals surface area contributed by atoms with Crippen LogP contribution in [0.15, 0.2) is 23.4 Å². The number of hydrogen-bond donors (Lipinski definition) is 1. The predicted molar refractivity (Wildman–Crippen MR) is 64.3 cm³/mol. The van der Waals surface area contributed by atoms with E-state index in [1.165, 1.54) is 17.6 Å². The zero-order valence-corrected chi connectivity index (χ0v) is 9.75. The Morgan fingerprint density at radius 3 is 2.50 bits per heavy atom. The monoisotopic (exact) mass is 237 g/mol. The molecular formula is C11H11NO3S. The van der Waals surface area contributed by atoms with Crippen LogP contribution in [0.25, 0.3) is 10.1 Å². The number of oxime groups is 1. The molecule has 1 heterocycles. The Bertz CT molecular complexity index is 492. The molecule has 1 aromatic carbocycles. The number of benzene rings is 1. The molecule has 16 heavy (non-hydrogen) atoms. The van der Waals surface area contributed by atoms with E-state index in [9.17, 15) is 0 Å². The molecule has 0 atom stereocenters. The van der Waals surface area contributed by atoms with Crippen LogP contribution in [0.1, 0.15) is 4.88 Å². The molecule has 0 fully saturated rings. The summed E-state index contributed by atoms with van der Waals surface area (Å²) in [5.41, 5.74) is 0. The van der Waals surface area contributed by atoms with Crippen molar-refractivity contribution in [3.8, 4) is 11.5 Å². The second kappa shape index (κ2) is 4.40. The highest BCUT2D eigenvalue weighted by molar-refractivity contribution is 7.20. The summed E-state index contributed by atoms with van der Waals surface area (Å²) in [6.45, 7) is 0. The van der Waals surface area contributed by atoms with Gasteiger partial charge in [-0.25, -0.2) is 0 Å². The number of nitrogens with zero attached hydrogens (tertiary/aromatic N) is 1. The van der Waals surface area contributed by atoms with Crippen LogP contribution in [0.3, 0.4) is 0 Å². The molecule has 1 N–H and O–H groups in total. The lowest BCUT2D eigenvalue weighted by Gasteiger charge is -2.06. The molecule has 84 valence electrons. The minimum absolute atomic E-state index is 0.695. The summed E-state index contributed by atoms with van der Waals surface area (Å²) in [5.74, 6) is 1.39. The van der Waals surface area contributed by atoms with E-state index < -0.39 is 0 Å². The van der Waals surface area contributed by atoms with Crippen molar-refractivity contribution in [2.24, 2.45) is 5.16 Å². The first-order chi connectivity index (χ1) is 7.78. The van der Waals surface area contributed by atoms with Gasteiger partial charge in [0.25, 0.3) is 0 Å². The molecule has 4 nitrogen and oxygen atoms in total. The van der Waals surface area contributed by atoms with Crippen LogP contribution in [0.5, 0.6) is 11.5 Å². The summed E-state index contributed by atoms with van der Waals surface area (Å²) in [5, 5.41) is 12.5. The van der Waals surface area contributed by atoms with Gasteiger partial charge in [-0.05, 0) is 17.5 Å². The van der Waals surface area contributed by atoms with E-state index in [-0.39, 0.29) is 0 Å². The summed E-state index contributed by atoms with van der Waals surface area (Å²) in [6, 6.07) is 5.74. The first kappa shape index (κ1) is 10.8. The van der Waals surface area contributed by atoms with E-state index in [2.05, 4.69) is 5.16 Å². The van der Waals surface area contributed by atoms with Crippen molar-refractivity contribution >= 4 is 27.6 Å². The molecule has 0 bridgehead atoms. The van der Waals surface area contributed by atoms with Gasteiger partial charge in [0.15, 0.2) is 11.5 Å². The second-order valence-corrected chi connectivity index (χ2v) is 4.25. The molecule has 0 radical (unpaired) electrons. The molecule has 0 spiro atoms. The maximum absolute atomic E-state index is 8.47. The zero-order valence-electron chi connectivity index (χ0n) is 8.93. The Labute approximate surface area is 96.7 Å². The molecule has 0 saturated carbocycles. The number of thiophene rings is 1. The van der Waals surface area contributed by atoms with Crippen LogP contribution >= 0.6 is 11.3 Å². The first-order valence-corrected chi connectivity index (χ1v) is 5.43. The molecule has 2 rings (SSSR count). The van der Waals surface area contributed by atoms with E-state index in [1.54, 1.807) is 14.2 Å². The van der Waals surface area contributed by atoms with Crippen molar-refractivity contribution in [2.75, 3.05) is 14.2 Å². The number of fused-ring (bicyclic) bond motifs is 1. The lowest BCUT2D eigenvalue weighted by atomic mass is 10.2. The molecule has 0 saturated heterocycles. The standard InChI is InChI=1S/C11H11NO3S/c1-14-9-4-7-3-8(6-12-13)16-11(7)5-10(9)15-2/h3-6,13H,1-2H3/b12-6-. The van der Waals surface area contributed by atoms with Gasteiger partial charge in [-0.3, -0.25) is 0 Å². The molecule has 0 aliphatic carbocycles. The van der Waals surface area contributed by atoms with Gasteiger partial charge in [-0.2, -0.15) is 0 Å². The highest BCUT2D eigenvalue weighted by Gasteiger charge is 2.08. The van der Waals surface area contributed by atoms with Crippen molar-refractivity contribution in [1.82, 2.24) is 0 Å². The molecule has 1 aromatic heterocycles. The van der Waals surface area contributed by atoms with Gasteiger partial charge in [-0.1, -0.05) is 5.16 Å². The third kappa shape index (κ3) is 1.81. The molecular weight excluding hydrogens is 226 g/mol. The third-order valence-corrected chi connectivity index (χ3v) is 3.26. The van der Waals surface area contributed by atoms with Crippen LogP contribution in [-0.2, 0) is 0 Å². The Morgan fingerprint density at radius 1 is 1.19 bits per heavy atom. The Balaban J connectivity index is 2.59. The van der Waals surface area contributed by atoms with Gasteiger partial charge < -0.3 is 14.7 Å². The fourth-order valence-electron chi connectivity index (χ4n) is 1.51. The van der Waals surface area contributed by atoms with E-state index in [0.29, 0.717) is 11.5 Å². The highest BCUT2D eigenvalue weighted by atomic mass is 32.1. The van der Waals surface area contributed by atoms with Gasteiger partial charge in [0.2, 0.25) is 0 Å². The lowest BCUT2D eigenvalue weighted by molar-refractivity contribution is 0.322. The van der Waals surface area contributed by atoms with E-state index in [4.69, 9.17) is 14.7 Å². The van der Waals surface area contributed by atoms with Crippen molar-refractivity contribution in [3.63, 3.8) is 0 Å². The molecule has 5 heteroatoms. The van der Waals surface area contributed by atoms with E-state index in [1.807, 2.05) is 18.2 Å². The van der Waals surface area contributed by atoms with Crippen molar-refractivity contribution < 1.29 is 14.7 Å². The Morgan fingerprint density at radius 2 is 1.88 bits per heavy atom. The maximum Gasteiger partial charge on any atom is 0.162 e. The van der Waals surface area contributed by atoms with Crippen molar-refractivity contribution in [3.05, 3.63) is 23.1 Å². The topological polar surface area (TPSA) is 51.0 Å². The number of rotatable bonds is 3. The fraction of sp³-hybridized carbons (Fsp3) is 0.182. The Kier molecular flexibility index (Phi) is 2.96. The van der Waals surface area contributed by atoms with Gasteiger partial charge in [-0.15, -0.1) is 11.3 Å². The first-order valence-electron chi connectivity index (χ1n) is 4.61. The Hall–Kier alpha value is -1.75. The normalized spacial score (nSPS) is 11.1. The second-order valence-electron chi connectivity index (χ2n) is 3.14. The van der Waals surface area contributed by atoms with Crippen molar-refractivity contribution in [2.45, 2.75) is 0 Å². The van der Waals surface area contributed by atoms with Gasteiger partial charge in [0.05, 0.1) is 20.4 Å². The molecule has 0 amide bonds. The predicted octanol–water partition coefficient (Wildman–Crippen LogP) is 2.73. The molecule has 0 unspecified atom stereocenters. The number of ether oxygens (including phenoxy) is 2. The summed E-state index contributed by atoms with van der Waals surface area (Å²) < 4.78 is 11.5. The zero-order chi connectivity index (χ0) is 11.5. The number of methoxy groups -OCH3 is 2. The highest BCUT2D eigenvalue weighted by Crippen LogP contribution is 2.35. The lowest BCUT2D eigenvalue weighted by Crippen LogP contribution is -1.89. The van der Waals surface area contributed by atoms with Crippen LogP contribution in [-0.4, -0.2) is 25.6 Å². The van der Waals surface area contributed by atoms with E-state index >= 15 is 0 Å². The van der Waals surface area contributed by atoms with Crippen molar-refractivity contribution in [1.29, 1.82) is 0 Å². The average Bonchev–Trinajstić information content (AvgIpc) is 2.68. The van der Waals surface area contributed by atoms with Crippen LogP contribution < -0.4 is 9.47 Å². The summed E-state index contributed by atoms with van der Waals surface area (Å²) in [4.78, 5) is 0.882. The average molecular weight is 237 g/mol. The fourth-order valence-corrected chi connectivity index (χ4v) is 2.45. The molecule has 0 aliphatic heterocycles. The largest absolute Gasteiger partial charge is 0.493 e. The van der Waals surface area contributed by atoms with Gasteiger partial charge in [0, 0.05) is 15.6 Å². The van der Waals surface area contributed by atoms with Gasteiger partial charge in [0.1, 0.15) is 0 Å². The smallest absolute Gasteiger partial charge is 0.162 e. The SMILES string of the molecule is COc1cc2cc(/C=N\O)sc2cc1OC. The van der Waals surface area contributed by atoms with Crippen LogP contribution in [0.4, 0.5) is 0 Å². The van der Waals surface area contributed by atoms with Crippen LogP contribution in [0, 0.1) is 0 Å². The maximum atomic E-state index is 8.47. The van der Waals surface area contributed by atoms with Gasteiger partial charge >= 0.3 is 0 Å². The minimum Gasteiger partial charge on any atom is -0.493 e. The quantitative estimate of drug-likeness (QED) is 0.507. The summed E-state index contributed by atoms with van der Waals surface area (Å²) >= 11 is 1.53. The van der Waals surface area contributed by atoms with Crippen LogP contribution in [0.2, 0.25) is 0 Å². The number of hydrogen-bond acceptors (Lipinski definition) is 5. The summed E-state index contributed by atoms with van der Waals surface area (Å²) in [7, 11) is 3.21.